The SMILES string of the molecule is C#CCOc1c(Cl)cc(/C=C2/SC(=O)N(CC(=O)N3CCCC3)C2=O)cc1OC. The van der Waals surface area contributed by atoms with Crippen molar-refractivity contribution < 1.29 is 23.9 Å². The average molecular weight is 435 g/mol. The Morgan fingerprint density at radius 3 is 2.72 bits per heavy atom. The molecule has 9 heteroatoms. The molecule has 0 atom stereocenters. The molecule has 2 aliphatic heterocycles. The summed E-state index contributed by atoms with van der Waals surface area (Å²) in [5, 5.41) is -0.213. The zero-order valence-electron chi connectivity index (χ0n) is 15.8. The zero-order valence-corrected chi connectivity index (χ0v) is 17.3. The molecule has 3 amide bonds. The number of amides is 3. The summed E-state index contributed by atoms with van der Waals surface area (Å²) in [6.45, 7) is 1.11. The normalized spacial score (nSPS) is 17.8. The molecule has 0 radical (unpaired) electrons. The van der Waals surface area contributed by atoms with Gasteiger partial charge in [-0.1, -0.05) is 17.5 Å². The Morgan fingerprint density at radius 2 is 2.07 bits per heavy atom. The first-order valence-electron chi connectivity index (χ1n) is 8.91. The molecule has 0 N–H and O–H groups in total. The molecule has 29 heavy (non-hydrogen) atoms. The topological polar surface area (TPSA) is 76.2 Å². The van der Waals surface area contributed by atoms with Gasteiger partial charge in [0.05, 0.1) is 17.0 Å². The number of halogens is 1. The third-order valence-corrected chi connectivity index (χ3v) is 5.66. The van der Waals surface area contributed by atoms with Crippen LogP contribution in [0.3, 0.4) is 0 Å². The molecule has 1 aromatic carbocycles. The second kappa shape index (κ2) is 9.25. The van der Waals surface area contributed by atoms with Crippen molar-refractivity contribution in [2.24, 2.45) is 0 Å². The van der Waals surface area contributed by atoms with Crippen LogP contribution in [-0.2, 0) is 9.59 Å². The monoisotopic (exact) mass is 434 g/mol. The summed E-state index contributed by atoms with van der Waals surface area (Å²) in [4.78, 5) is 40.1. The Hall–Kier alpha value is -2.63. The van der Waals surface area contributed by atoms with Crippen molar-refractivity contribution >= 4 is 46.5 Å². The summed E-state index contributed by atoms with van der Waals surface area (Å²) >= 11 is 7.03. The molecule has 2 fully saturated rings. The van der Waals surface area contributed by atoms with E-state index in [0.717, 1.165) is 29.5 Å². The molecule has 0 aromatic heterocycles. The van der Waals surface area contributed by atoms with Crippen LogP contribution in [0.4, 0.5) is 4.79 Å². The van der Waals surface area contributed by atoms with Gasteiger partial charge in [0.25, 0.3) is 11.1 Å². The number of carbonyl (C=O) groups is 3. The number of imide groups is 1. The van der Waals surface area contributed by atoms with E-state index in [1.807, 2.05) is 0 Å². The fourth-order valence-electron chi connectivity index (χ4n) is 3.07. The lowest BCUT2D eigenvalue weighted by molar-refractivity contribution is -0.135. The van der Waals surface area contributed by atoms with Gasteiger partial charge in [-0.05, 0) is 48.4 Å². The maximum atomic E-state index is 12.7. The van der Waals surface area contributed by atoms with Crippen LogP contribution in [0.5, 0.6) is 11.5 Å². The fraction of sp³-hybridized carbons (Fsp3) is 0.350. The number of benzene rings is 1. The third kappa shape index (κ3) is 4.69. The smallest absolute Gasteiger partial charge is 0.294 e. The quantitative estimate of drug-likeness (QED) is 0.506. The summed E-state index contributed by atoms with van der Waals surface area (Å²) in [5.74, 6) is 2.28. The van der Waals surface area contributed by atoms with Crippen molar-refractivity contribution in [3.8, 4) is 23.8 Å². The molecule has 7 nitrogen and oxygen atoms in total. The van der Waals surface area contributed by atoms with E-state index in [1.54, 1.807) is 17.0 Å². The Balaban J connectivity index is 1.79. The second-order valence-corrected chi connectivity index (χ2v) is 7.78. The number of carbonyl (C=O) groups excluding carboxylic acids is 3. The minimum absolute atomic E-state index is 0.0271. The van der Waals surface area contributed by atoms with Gasteiger partial charge >= 0.3 is 0 Å². The van der Waals surface area contributed by atoms with Crippen molar-refractivity contribution in [2.45, 2.75) is 12.8 Å². The average Bonchev–Trinajstić information content (AvgIpc) is 3.32. The molecule has 3 rings (SSSR count). The highest BCUT2D eigenvalue weighted by molar-refractivity contribution is 8.18. The Morgan fingerprint density at radius 1 is 1.34 bits per heavy atom. The highest BCUT2D eigenvalue weighted by Crippen LogP contribution is 2.39. The third-order valence-electron chi connectivity index (χ3n) is 4.48. The van der Waals surface area contributed by atoms with Crippen LogP contribution in [0.15, 0.2) is 17.0 Å². The van der Waals surface area contributed by atoms with E-state index in [9.17, 15) is 14.4 Å². The van der Waals surface area contributed by atoms with E-state index in [4.69, 9.17) is 27.5 Å². The van der Waals surface area contributed by atoms with Gasteiger partial charge in [0, 0.05) is 13.1 Å². The molecule has 0 bridgehead atoms. The van der Waals surface area contributed by atoms with Gasteiger partial charge < -0.3 is 14.4 Å². The molecule has 152 valence electrons. The minimum Gasteiger partial charge on any atom is -0.493 e. The van der Waals surface area contributed by atoms with Gasteiger partial charge in [-0.3, -0.25) is 19.3 Å². The van der Waals surface area contributed by atoms with Crippen LogP contribution in [0.25, 0.3) is 6.08 Å². The van der Waals surface area contributed by atoms with Gasteiger partial charge in [-0.15, -0.1) is 6.42 Å². The number of hydrogen-bond acceptors (Lipinski definition) is 6. The lowest BCUT2D eigenvalue weighted by Crippen LogP contribution is -2.40. The Kier molecular flexibility index (Phi) is 6.72. The van der Waals surface area contributed by atoms with Gasteiger partial charge in [0.15, 0.2) is 11.5 Å². The number of terminal acetylenes is 1. The van der Waals surface area contributed by atoms with E-state index in [1.165, 1.54) is 13.2 Å². The Bertz CT molecular complexity index is 918. The summed E-state index contributed by atoms with van der Waals surface area (Å²) in [7, 11) is 1.45. The van der Waals surface area contributed by atoms with Gasteiger partial charge in [-0.25, -0.2) is 0 Å². The van der Waals surface area contributed by atoms with Crippen molar-refractivity contribution in [1.29, 1.82) is 0 Å². The van der Waals surface area contributed by atoms with Crippen molar-refractivity contribution in [2.75, 3.05) is 33.4 Å². The molecule has 0 saturated carbocycles. The predicted octanol–water partition coefficient (Wildman–Crippen LogP) is 3.02. The van der Waals surface area contributed by atoms with Crippen LogP contribution >= 0.6 is 23.4 Å². The molecular weight excluding hydrogens is 416 g/mol. The molecule has 2 saturated heterocycles. The van der Waals surface area contributed by atoms with Crippen molar-refractivity contribution in [3.05, 3.63) is 27.6 Å². The van der Waals surface area contributed by atoms with Gasteiger partial charge in [-0.2, -0.15) is 0 Å². The first-order valence-corrected chi connectivity index (χ1v) is 10.1. The maximum absolute atomic E-state index is 12.7. The van der Waals surface area contributed by atoms with Gasteiger partial charge in [0.2, 0.25) is 5.91 Å². The zero-order chi connectivity index (χ0) is 21.0. The van der Waals surface area contributed by atoms with E-state index in [2.05, 4.69) is 5.92 Å². The molecule has 0 unspecified atom stereocenters. The second-order valence-electron chi connectivity index (χ2n) is 6.38. The minimum atomic E-state index is -0.504. The van der Waals surface area contributed by atoms with Crippen molar-refractivity contribution in [3.63, 3.8) is 0 Å². The number of likely N-dealkylation sites (tertiary alicyclic amines) is 1. The molecule has 0 aliphatic carbocycles. The summed E-state index contributed by atoms with van der Waals surface area (Å²) in [5.41, 5.74) is 0.552. The number of hydrogen-bond donors (Lipinski definition) is 0. The summed E-state index contributed by atoms with van der Waals surface area (Å²) < 4.78 is 10.7. The number of nitrogens with zero attached hydrogens (tertiary/aromatic N) is 2. The first-order chi connectivity index (χ1) is 13.9. The standard InChI is InChI=1S/C20H19ClN2O5S/c1-3-8-28-18-14(21)9-13(10-15(18)27-2)11-16-19(25)23(20(26)29-16)12-17(24)22-6-4-5-7-22/h1,9-11H,4-8,12H2,2H3/b16-11+. The van der Waals surface area contributed by atoms with Crippen molar-refractivity contribution in [1.82, 2.24) is 9.80 Å². The van der Waals surface area contributed by atoms with Crippen LogP contribution in [-0.4, -0.2) is 60.2 Å². The van der Waals surface area contributed by atoms with E-state index in [0.29, 0.717) is 30.2 Å². The number of rotatable bonds is 6. The lowest BCUT2D eigenvalue weighted by atomic mass is 10.1. The van der Waals surface area contributed by atoms with Gasteiger partial charge in [0.1, 0.15) is 13.2 Å². The van der Waals surface area contributed by atoms with Crippen LogP contribution in [0, 0.1) is 12.3 Å². The summed E-state index contributed by atoms with van der Waals surface area (Å²) in [6, 6.07) is 3.21. The van der Waals surface area contributed by atoms with Crippen LogP contribution in [0.2, 0.25) is 5.02 Å². The fourth-order valence-corrected chi connectivity index (χ4v) is 4.18. The van der Waals surface area contributed by atoms with E-state index >= 15 is 0 Å². The number of methoxy groups -OCH3 is 1. The highest BCUT2D eigenvalue weighted by atomic mass is 35.5. The first kappa shape index (κ1) is 21.1. The molecule has 1 aromatic rings. The van der Waals surface area contributed by atoms with Crippen LogP contribution in [0.1, 0.15) is 18.4 Å². The van der Waals surface area contributed by atoms with E-state index in [-0.39, 0.29) is 29.0 Å². The van der Waals surface area contributed by atoms with Crippen LogP contribution < -0.4 is 9.47 Å². The molecule has 0 spiro atoms. The predicted molar refractivity (Wildman–Crippen MR) is 111 cm³/mol. The van der Waals surface area contributed by atoms with E-state index < -0.39 is 11.1 Å². The highest BCUT2D eigenvalue weighted by Gasteiger charge is 2.37. The number of thioether (sulfide) groups is 1. The maximum Gasteiger partial charge on any atom is 0.294 e. The molecule has 2 heterocycles. The lowest BCUT2D eigenvalue weighted by Gasteiger charge is -2.18. The molecule has 2 aliphatic rings. The Labute approximate surface area is 177 Å². The largest absolute Gasteiger partial charge is 0.493 e. The molecular formula is C20H19ClN2O5S. The number of ether oxygens (including phenoxy) is 2. The summed E-state index contributed by atoms with van der Waals surface area (Å²) in [6.07, 6.45) is 8.62.